The van der Waals surface area contributed by atoms with Crippen molar-refractivity contribution in [3.63, 3.8) is 0 Å². The molecule has 2 aromatic rings. The molecule has 4 rings (SSSR count). The summed E-state index contributed by atoms with van der Waals surface area (Å²) in [6.45, 7) is 6.60. The highest BCUT2D eigenvalue weighted by molar-refractivity contribution is 7.89. The quantitative estimate of drug-likeness (QED) is 0.750. The largest absolute Gasteiger partial charge is 0.336 e. The number of rotatable bonds is 4. The van der Waals surface area contributed by atoms with Crippen molar-refractivity contribution in [2.45, 2.75) is 50.1 Å². The summed E-state index contributed by atoms with van der Waals surface area (Å²) in [5.74, 6) is 0.167. The first-order valence-corrected chi connectivity index (χ1v) is 12.3. The molecule has 0 spiro atoms. The van der Waals surface area contributed by atoms with E-state index < -0.39 is 10.0 Å². The maximum Gasteiger partial charge on any atom is 0.243 e. The predicted octanol–water partition coefficient (Wildman–Crippen LogP) is 2.94. The van der Waals surface area contributed by atoms with Gasteiger partial charge < -0.3 is 4.90 Å². The minimum Gasteiger partial charge on any atom is -0.336 e. The van der Waals surface area contributed by atoms with Crippen molar-refractivity contribution >= 4 is 26.7 Å². The normalized spacial score (nSPS) is 24.3. The van der Waals surface area contributed by atoms with Crippen molar-refractivity contribution in [3.05, 3.63) is 42.5 Å². The summed E-state index contributed by atoms with van der Waals surface area (Å²) in [4.78, 5) is 17.3. The molecule has 1 amide bonds. The van der Waals surface area contributed by atoms with Gasteiger partial charge in [-0.05, 0) is 56.0 Å². The summed E-state index contributed by atoms with van der Waals surface area (Å²) in [5, 5.41) is 1.95. The number of fused-ring (bicyclic) bond motifs is 1. The number of likely N-dealkylation sites (tertiary alicyclic amines) is 1. The van der Waals surface area contributed by atoms with Crippen LogP contribution in [0.25, 0.3) is 10.8 Å². The van der Waals surface area contributed by atoms with Crippen LogP contribution in [0.2, 0.25) is 0 Å². The molecule has 162 valence electrons. The second-order valence-corrected chi connectivity index (χ2v) is 10.6. The van der Waals surface area contributed by atoms with Gasteiger partial charge in [-0.15, -0.1) is 0 Å². The van der Waals surface area contributed by atoms with Crippen LogP contribution in [0.3, 0.4) is 0 Å². The maximum absolute atomic E-state index is 13.1. The smallest absolute Gasteiger partial charge is 0.243 e. The van der Waals surface area contributed by atoms with Crippen LogP contribution in [-0.4, -0.2) is 73.2 Å². The molecule has 0 unspecified atom stereocenters. The van der Waals surface area contributed by atoms with Crippen LogP contribution in [0.1, 0.15) is 33.1 Å². The molecule has 2 aliphatic rings. The summed E-state index contributed by atoms with van der Waals surface area (Å²) in [6, 6.07) is 13.6. The second kappa shape index (κ2) is 8.65. The number of hydrogen-bond acceptors (Lipinski definition) is 4. The van der Waals surface area contributed by atoms with Crippen molar-refractivity contribution < 1.29 is 13.2 Å². The number of nitrogens with zero attached hydrogens (tertiary/aromatic N) is 3. The van der Waals surface area contributed by atoms with Gasteiger partial charge in [-0.2, -0.15) is 4.31 Å². The zero-order valence-electron chi connectivity index (χ0n) is 17.8. The zero-order valence-corrected chi connectivity index (χ0v) is 18.6. The third-order valence-corrected chi connectivity index (χ3v) is 8.42. The second-order valence-electron chi connectivity index (χ2n) is 8.62. The van der Waals surface area contributed by atoms with E-state index in [2.05, 4.69) is 18.7 Å². The lowest BCUT2D eigenvalue weighted by molar-refractivity contribution is -0.138. The molecular formula is C23H31N3O3S. The molecule has 0 radical (unpaired) electrons. The third-order valence-electron chi connectivity index (χ3n) is 6.53. The number of carbonyl (C=O) groups is 1. The van der Waals surface area contributed by atoms with E-state index in [0.29, 0.717) is 37.6 Å². The van der Waals surface area contributed by atoms with E-state index in [0.717, 1.165) is 23.6 Å². The van der Waals surface area contributed by atoms with E-state index in [-0.39, 0.29) is 18.0 Å². The molecule has 0 aliphatic carbocycles. The van der Waals surface area contributed by atoms with Crippen LogP contribution < -0.4 is 0 Å². The lowest BCUT2D eigenvalue weighted by Gasteiger charge is -2.41. The van der Waals surface area contributed by atoms with Gasteiger partial charge in [0, 0.05) is 38.3 Å². The van der Waals surface area contributed by atoms with Gasteiger partial charge in [-0.1, -0.05) is 30.3 Å². The highest BCUT2D eigenvalue weighted by atomic mass is 32.2. The van der Waals surface area contributed by atoms with Gasteiger partial charge in [0.1, 0.15) is 0 Å². The molecule has 2 heterocycles. The Morgan fingerprint density at radius 1 is 0.933 bits per heavy atom. The molecule has 30 heavy (non-hydrogen) atoms. The number of carbonyl (C=O) groups excluding carboxylic acids is 1. The van der Waals surface area contributed by atoms with Gasteiger partial charge >= 0.3 is 0 Å². The first-order chi connectivity index (χ1) is 14.4. The van der Waals surface area contributed by atoms with Gasteiger partial charge in [0.05, 0.1) is 11.4 Å². The Hall–Kier alpha value is -1.96. The number of amides is 1. The van der Waals surface area contributed by atoms with Gasteiger partial charge in [0.25, 0.3) is 0 Å². The SMILES string of the molecule is C[C@@H]1CCC[C@@H](C)N1C(=O)CN1CCN(S(=O)(=O)c2ccc3ccccc3c2)CC1. The number of sulfonamides is 1. The molecule has 2 fully saturated rings. The van der Waals surface area contributed by atoms with Crippen molar-refractivity contribution in [2.75, 3.05) is 32.7 Å². The van der Waals surface area contributed by atoms with Gasteiger partial charge in [0.15, 0.2) is 0 Å². The standard InChI is InChI=1S/C23H31N3O3S/c1-18-6-5-7-19(2)26(18)23(27)17-24-12-14-25(15-13-24)30(28,29)22-11-10-20-8-3-4-9-21(20)16-22/h3-4,8-11,16,18-19H,5-7,12-15,17H2,1-2H3/t18-,19-/m1/s1. The first kappa shape index (κ1) is 21.3. The fourth-order valence-electron chi connectivity index (χ4n) is 4.79. The maximum atomic E-state index is 13.1. The van der Waals surface area contributed by atoms with Gasteiger partial charge in [0.2, 0.25) is 15.9 Å². The summed E-state index contributed by atoms with van der Waals surface area (Å²) in [6.07, 6.45) is 3.30. The Morgan fingerprint density at radius 2 is 1.57 bits per heavy atom. The molecule has 0 aromatic heterocycles. The van der Waals surface area contributed by atoms with Crippen LogP contribution >= 0.6 is 0 Å². The first-order valence-electron chi connectivity index (χ1n) is 10.9. The Bertz CT molecular complexity index is 1010. The molecular weight excluding hydrogens is 398 g/mol. The highest BCUT2D eigenvalue weighted by Gasteiger charge is 2.32. The van der Waals surface area contributed by atoms with Crippen LogP contribution in [0, 0.1) is 0 Å². The monoisotopic (exact) mass is 429 g/mol. The predicted molar refractivity (Wildman–Crippen MR) is 119 cm³/mol. The number of benzene rings is 2. The molecule has 0 bridgehead atoms. The van der Waals surface area contributed by atoms with E-state index in [4.69, 9.17) is 0 Å². The molecule has 2 saturated heterocycles. The van der Waals surface area contributed by atoms with E-state index in [9.17, 15) is 13.2 Å². The van der Waals surface area contributed by atoms with Crippen LogP contribution in [0.4, 0.5) is 0 Å². The molecule has 7 heteroatoms. The zero-order chi connectivity index (χ0) is 21.3. The highest BCUT2D eigenvalue weighted by Crippen LogP contribution is 2.24. The molecule has 0 N–H and O–H groups in total. The third kappa shape index (κ3) is 4.24. The number of piperazine rings is 1. The average Bonchev–Trinajstić information content (AvgIpc) is 2.73. The molecule has 6 nitrogen and oxygen atoms in total. The molecule has 0 saturated carbocycles. The van der Waals surface area contributed by atoms with Gasteiger partial charge in [-0.25, -0.2) is 8.42 Å². The average molecular weight is 430 g/mol. The van der Waals surface area contributed by atoms with Crippen molar-refractivity contribution in [3.8, 4) is 0 Å². The topological polar surface area (TPSA) is 60.9 Å². The lowest BCUT2D eigenvalue weighted by Crippen LogP contribution is -2.54. The van der Waals surface area contributed by atoms with Crippen LogP contribution in [0.5, 0.6) is 0 Å². The van der Waals surface area contributed by atoms with E-state index in [1.165, 1.54) is 6.42 Å². The summed E-state index contributed by atoms with van der Waals surface area (Å²) in [5.41, 5.74) is 0. The molecule has 2 atom stereocenters. The Labute approximate surface area is 179 Å². The fourth-order valence-corrected chi connectivity index (χ4v) is 6.25. The van der Waals surface area contributed by atoms with E-state index >= 15 is 0 Å². The fraction of sp³-hybridized carbons (Fsp3) is 0.522. The number of hydrogen-bond donors (Lipinski definition) is 0. The van der Waals surface area contributed by atoms with Crippen LogP contribution in [0.15, 0.2) is 47.4 Å². The summed E-state index contributed by atoms with van der Waals surface area (Å²) in [7, 11) is -3.53. The van der Waals surface area contributed by atoms with Crippen molar-refractivity contribution in [2.24, 2.45) is 0 Å². The summed E-state index contributed by atoms with van der Waals surface area (Å²) < 4.78 is 27.8. The Morgan fingerprint density at radius 3 is 2.23 bits per heavy atom. The van der Waals surface area contributed by atoms with E-state index in [1.807, 2.05) is 35.2 Å². The van der Waals surface area contributed by atoms with Crippen molar-refractivity contribution in [1.82, 2.24) is 14.1 Å². The van der Waals surface area contributed by atoms with Gasteiger partial charge in [-0.3, -0.25) is 9.69 Å². The molecule has 2 aromatic carbocycles. The Balaban J connectivity index is 1.39. The van der Waals surface area contributed by atoms with Crippen molar-refractivity contribution in [1.29, 1.82) is 0 Å². The Kier molecular flexibility index (Phi) is 6.14. The van der Waals surface area contributed by atoms with Crippen LogP contribution in [-0.2, 0) is 14.8 Å². The summed E-state index contributed by atoms with van der Waals surface area (Å²) >= 11 is 0. The minimum atomic E-state index is -3.53. The number of piperidine rings is 1. The molecule has 2 aliphatic heterocycles. The lowest BCUT2D eigenvalue weighted by atomic mass is 9.97. The van der Waals surface area contributed by atoms with E-state index in [1.54, 1.807) is 16.4 Å². The minimum absolute atomic E-state index is 0.167.